The third-order valence-electron chi connectivity index (χ3n) is 3.14. The summed E-state index contributed by atoms with van der Waals surface area (Å²) in [5.41, 5.74) is 1.89. The van der Waals surface area contributed by atoms with Gasteiger partial charge in [0.1, 0.15) is 0 Å². The Morgan fingerprint density at radius 3 is 2.33 bits per heavy atom. The van der Waals surface area contributed by atoms with E-state index in [0.717, 1.165) is 5.56 Å². The number of benzene rings is 2. The standard InChI is InChI=1S/C17H17NO3/c1-18(12-13-7-4-3-5-8-13)16(19)14-9-6-10-15(11-14)17(20)21-2/h3-11H,12H2,1-2H3. The minimum atomic E-state index is -0.449. The van der Waals surface area contributed by atoms with E-state index < -0.39 is 5.97 Å². The lowest BCUT2D eigenvalue weighted by molar-refractivity contribution is 0.0600. The fourth-order valence-corrected chi connectivity index (χ4v) is 2.05. The van der Waals surface area contributed by atoms with Crippen LogP contribution in [0.5, 0.6) is 0 Å². The van der Waals surface area contributed by atoms with Crippen LogP contribution in [0.25, 0.3) is 0 Å². The van der Waals surface area contributed by atoms with Gasteiger partial charge in [0, 0.05) is 19.2 Å². The molecule has 2 aromatic rings. The SMILES string of the molecule is COC(=O)c1cccc(C(=O)N(C)Cc2ccccc2)c1. The molecule has 0 heterocycles. The predicted molar refractivity (Wildman–Crippen MR) is 80.0 cm³/mol. The lowest BCUT2D eigenvalue weighted by Gasteiger charge is -2.17. The van der Waals surface area contributed by atoms with Crippen LogP contribution in [0.1, 0.15) is 26.3 Å². The van der Waals surface area contributed by atoms with Gasteiger partial charge in [0.15, 0.2) is 0 Å². The number of hydrogen-bond donors (Lipinski definition) is 0. The highest BCUT2D eigenvalue weighted by Gasteiger charge is 2.14. The number of methoxy groups -OCH3 is 1. The number of nitrogens with zero attached hydrogens (tertiary/aromatic N) is 1. The molecule has 0 N–H and O–H groups in total. The monoisotopic (exact) mass is 283 g/mol. The van der Waals surface area contributed by atoms with Crippen LogP contribution in [0.3, 0.4) is 0 Å². The van der Waals surface area contributed by atoms with Crippen LogP contribution in [-0.4, -0.2) is 30.9 Å². The van der Waals surface area contributed by atoms with E-state index in [1.165, 1.54) is 7.11 Å². The van der Waals surface area contributed by atoms with E-state index in [1.807, 2.05) is 30.3 Å². The van der Waals surface area contributed by atoms with E-state index in [9.17, 15) is 9.59 Å². The maximum Gasteiger partial charge on any atom is 0.337 e. The van der Waals surface area contributed by atoms with Crippen molar-refractivity contribution in [3.05, 3.63) is 71.3 Å². The highest BCUT2D eigenvalue weighted by atomic mass is 16.5. The second-order valence-corrected chi connectivity index (χ2v) is 4.72. The quantitative estimate of drug-likeness (QED) is 0.811. The molecular formula is C17H17NO3. The first kappa shape index (κ1) is 14.8. The zero-order valence-corrected chi connectivity index (χ0v) is 12.1. The van der Waals surface area contributed by atoms with E-state index in [4.69, 9.17) is 0 Å². The summed E-state index contributed by atoms with van der Waals surface area (Å²) >= 11 is 0. The zero-order valence-electron chi connectivity index (χ0n) is 12.1. The molecule has 0 aliphatic rings. The van der Waals surface area contributed by atoms with Crippen LogP contribution in [0, 0.1) is 0 Å². The van der Waals surface area contributed by atoms with Crippen molar-refractivity contribution in [2.24, 2.45) is 0 Å². The zero-order chi connectivity index (χ0) is 15.2. The van der Waals surface area contributed by atoms with Crippen molar-refractivity contribution >= 4 is 11.9 Å². The number of hydrogen-bond acceptors (Lipinski definition) is 3. The van der Waals surface area contributed by atoms with Crippen molar-refractivity contribution in [1.82, 2.24) is 4.90 Å². The summed E-state index contributed by atoms with van der Waals surface area (Å²) in [7, 11) is 3.05. The summed E-state index contributed by atoms with van der Waals surface area (Å²) in [6.07, 6.45) is 0. The van der Waals surface area contributed by atoms with Gasteiger partial charge >= 0.3 is 5.97 Å². The fourth-order valence-electron chi connectivity index (χ4n) is 2.05. The molecular weight excluding hydrogens is 266 g/mol. The highest BCUT2D eigenvalue weighted by molar-refractivity contribution is 5.97. The van der Waals surface area contributed by atoms with Crippen LogP contribution < -0.4 is 0 Å². The van der Waals surface area contributed by atoms with E-state index in [1.54, 1.807) is 36.2 Å². The number of esters is 1. The molecule has 4 nitrogen and oxygen atoms in total. The molecule has 0 aliphatic carbocycles. The van der Waals surface area contributed by atoms with E-state index >= 15 is 0 Å². The van der Waals surface area contributed by atoms with E-state index in [0.29, 0.717) is 17.7 Å². The summed E-state index contributed by atoms with van der Waals surface area (Å²) in [5, 5.41) is 0. The number of amides is 1. The van der Waals surface area contributed by atoms with Crippen molar-refractivity contribution in [3.8, 4) is 0 Å². The van der Waals surface area contributed by atoms with Crippen molar-refractivity contribution in [1.29, 1.82) is 0 Å². The molecule has 0 aromatic heterocycles. The molecule has 2 rings (SSSR count). The minimum Gasteiger partial charge on any atom is -0.465 e. The number of carbonyl (C=O) groups is 2. The van der Waals surface area contributed by atoms with Crippen molar-refractivity contribution < 1.29 is 14.3 Å². The topological polar surface area (TPSA) is 46.6 Å². The van der Waals surface area contributed by atoms with Crippen LogP contribution in [-0.2, 0) is 11.3 Å². The molecule has 0 aliphatic heterocycles. The molecule has 2 aromatic carbocycles. The van der Waals surface area contributed by atoms with Gasteiger partial charge in [-0.1, -0.05) is 36.4 Å². The predicted octanol–water partition coefficient (Wildman–Crippen LogP) is 2.75. The van der Waals surface area contributed by atoms with E-state index in [2.05, 4.69) is 4.74 Å². The molecule has 21 heavy (non-hydrogen) atoms. The third kappa shape index (κ3) is 3.69. The van der Waals surface area contributed by atoms with Crippen molar-refractivity contribution in [2.75, 3.05) is 14.2 Å². The Kier molecular flexibility index (Phi) is 4.72. The molecule has 0 atom stereocenters. The summed E-state index contributed by atoms with van der Waals surface area (Å²) in [6, 6.07) is 16.3. The van der Waals surface area contributed by atoms with Crippen LogP contribution in [0.4, 0.5) is 0 Å². The summed E-state index contributed by atoms with van der Waals surface area (Å²) in [5.74, 6) is -0.583. The highest BCUT2D eigenvalue weighted by Crippen LogP contribution is 2.11. The average Bonchev–Trinajstić information content (AvgIpc) is 2.54. The van der Waals surface area contributed by atoms with Crippen LogP contribution in [0.15, 0.2) is 54.6 Å². The summed E-state index contributed by atoms with van der Waals surface area (Å²) in [6.45, 7) is 0.516. The molecule has 0 unspecified atom stereocenters. The van der Waals surface area contributed by atoms with Gasteiger partial charge in [0.25, 0.3) is 5.91 Å². The average molecular weight is 283 g/mol. The summed E-state index contributed by atoms with van der Waals surface area (Å²) in [4.78, 5) is 25.5. The molecule has 0 radical (unpaired) electrons. The maximum atomic E-state index is 12.4. The first-order valence-electron chi connectivity index (χ1n) is 6.59. The Bertz CT molecular complexity index is 637. The van der Waals surface area contributed by atoms with Gasteiger partial charge in [-0.15, -0.1) is 0 Å². The van der Waals surface area contributed by atoms with Gasteiger partial charge in [-0.2, -0.15) is 0 Å². The lowest BCUT2D eigenvalue weighted by Crippen LogP contribution is -2.26. The normalized spacial score (nSPS) is 10.0. The Labute approximate surface area is 124 Å². The van der Waals surface area contributed by atoms with Gasteiger partial charge in [-0.3, -0.25) is 4.79 Å². The van der Waals surface area contributed by atoms with Crippen LogP contribution >= 0.6 is 0 Å². The Balaban J connectivity index is 2.14. The molecule has 108 valence electrons. The molecule has 0 spiro atoms. The molecule has 0 bridgehead atoms. The Morgan fingerprint density at radius 1 is 1.00 bits per heavy atom. The second kappa shape index (κ2) is 6.70. The molecule has 4 heteroatoms. The number of carbonyl (C=O) groups excluding carboxylic acids is 2. The van der Waals surface area contributed by atoms with Gasteiger partial charge < -0.3 is 9.64 Å². The maximum absolute atomic E-state index is 12.4. The van der Waals surface area contributed by atoms with Gasteiger partial charge in [-0.05, 0) is 23.8 Å². The minimum absolute atomic E-state index is 0.135. The second-order valence-electron chi connectivity index (χ2n) is 4.72. The largest absolute Gasteiger partial charge is 0.465 e. The van der Waals surface area contributed by atoms with Crippen molar-refractivity contribution in [3.63, 3.8) is 0 Å². The Hall–Kier alpha value is -2.62. The third-order valence-corrected chi connectivity index (χ3v) is 3.14. The first-order valence-corrected chi connectivity index (χ1v) is 6.59. The molecule has 0 fully saturated rings. The molecule has 1 amide bonds. The summed E-state index contributed by atoms with van der Waals surface area (Å²) < 4.78 is 4.66. The van der Waals surface area contributed by atoms with Gasteiger partial charge in [-0.25, -0.2) is 4.79 Å². The number of rotatable bonds is 4. The molecule has 0 saturated heterocycles. The Morgan fingerprint density at radius 2 is 1.67 bits per heavy atom. The van der Waals surface area contributed by atoms with Crippen LogP contribution in [0.2, 0.25) is 0 Å². The van der Waals surface area contributed by atoms with Gasteiger partial charge in [0.2, 0.25) is 0 Å². The number of ether oxygens (including phenoxy) is 1. The van der Waals surface area contributed by atoms with Gasteiger partial charge in [0.05, 0.1) is 12.7 Å². The van der Waals surface area contributed by atoms with Crippen molar-refractivity contribution in [2.45, 2.75) is 6.54 Å². The first-order chi connectivity index (χ1) is 10.1. The molecule has 0 saturated carbocycles. The smallest absolute Gasteiger partial charge is 0.337 e. The lowest BCUT2D eigenvalue weighted by atomic mass is 10.1. The van der Waals surface area contributed by atoms with E-state index in [-0.39, 0.29) is 5.91 Å². The fraction of sp³-hybridized carbons (Fsp3) is 0.176.